The molecule has 0 fully saturated rings. The van der Waals surface area contributed by atoms with Crippen LogP contribution in [-0.2, 0) is 4.79 Å². The third-order valence-corrected chi connectivity index (χ3v) is 2.04. The largest absolute Gasteiger partial charge is 0.489 e. The standard InChI is InChI=1S/C14H17NO2/c1-3-11-17-14-9-5-4-7-13(14)8-6-10-15-12(2)16/h3-9H,1,10-11H2,2H3,(H,15,16). The lowest BCUT2D eigenvalue weighted by atomic mass is 10.2. The normalized spacial score (nSPS) is 10.2. The van der Waals surface area contributed by atoms with E-state index in [4.69, 9.17) is 4.74 Å². The van der Waals surface area contributed by atoms with Crippen molar-refractivity contribution in [3.8, 4) is 5.75 Å². The second-order valence-electron chi connectivity index (χ2n) is 3.48. The van der Waals surface area contributed by atoms with E-state index in [9.17, 15) is 4.79 Å². The zero-order valence-corrected chi connectivity index (χ0v) is 9.98. The molecule has 0 spiro atoms. The van der Waals surface area contributed by atoms with Crippen LogP contribution in [0.4, 0.5) is 0 Å². The maximum Gasteiger partial charge on any atom is 0.217 e. The van der Waals surface area contributed by atoms with Gasteiger partial charge in [-0.05, 0) is 6.07 Å². The smallest absolute Gasteiger partial charge is 0.217 e. The summed E-state index contributed by atoms with van der Waals surface area (Å²) in [5, 5.41) is 2.70. The van der Waals surface area contributed by atoms with Crippen molar-refractivity contribution in [2.45, 2.75) is 6.92 Å². The summed E-state index contributed by atoms with van der Waals surface area (Å²) in [6, 6.07) is 7.73. The number of ether oxygens (including phenoxy) is 1. The molecule has 0 unspecified atom stereocenters. The van der Waals surface area contributed by atoms with Gasteiger partial charge in [0, 0.05) is 19.0 Å². The third-order valence-electron chi connectivity index (χ3n) is 2.04. The van der Waals surface area contributed by atoms with Crippen LogP contribution >= 0.6 is 0 Å². The van der Waals surface area contributed by atoms with Crippen LogP contribution in [0, 0.1) is 0 Å². The number of nitrogens with one attached hydrogen (secondary N) is 1. The number of hydrogen-bond donors (Lipinski definition) is 1. The van der Waals surface area contributed by atoms with Crippen LogP contribution in [0.25, 0.3) is 6.08 Å². The number of carbonyl (C=O) groups excluding carboxylic acids is 1. The fourth-order valence-electron chi connectivity index (χ4n) is 1.29. The Kier molecular flexibility index (Phi) is 5.58. The number of para-hydroxylation sites is 1. The van der Waals surface area contributed by atoms with Gasteiger partial charge in [0.05, 0.1) is 0 Å². The minimum Gasteiger partial charge on any atom is -0.489 e. The Hall–Kier alpha value is -2.03. The molecule has 1 aromatic carbocycles. The van der Waals surface area contributed by atoms with Crippen LogP contribution in [-0.4, -0.2) is 19.1 Å². The predicted molar refractivity (Wildman–Crippen MR) is 69.9 cm³/mol. The van der Waals surface area contributed by atoms with E-state index in [1.54, 1.807) is 6.08 Å². The highest BCUT2D eigenvalue weighted by Crippen LogP contribution is 2.19. The van der Waals surface area contributed by atoms with Crippen molar-refractivity contribution in [3.63, 3.8) is 0 Å². The van der Waals surface area contributed by atoms with Crippen molar-refractivity contribution in [1.29, 1.82) is 0 Å². The molecule has 1 N–H and O–H groups in total. The minimum absolute atomic E-state index is 0.0363. The summed E-state index contributed by atoms with van der Waals surface area (Å²) in [4.78, 5) is 10.7. The number of carbonyl (C=O) groups is 1. The van der Waals surface area contributed by atoms with Crippen LogP contribution in [0.1, 0.15) is 12.5 Å². The SMILES string of the molecule is C=CCOc1ccccc1C=CCNC(C)=O. The molecule has 17 heavy (non-hydrogen) atoms. The molecule has 0 aliphatic rings. The second-order valence-corrected chi connectivity index (χ2v) is 3.48. The molecule has 3 nitrogen and oxygen atoms in total. The van der Waals surface area contributed by atoms with Crippen LogP contribution in [0.15, 0.2) is 43.0 Å². The van der Waals surface area contributed by atoms with E-state index in [1.165, 1.54) is 6.92 Å². The van der Waals surface area contributed by atoms with E-state index in [0.29, 0.717) is 13.2 Å². The Morgan fingerprint density at radius 3 is 2.94 bits per heavy atom. The molecule has 0 atom stereocenters. The van der Waals surface area contributed by atoms with Gasteiger partial charge in [0.15, 0.2) is 0 Å². The summed E-state index contributed by atoms with van der Waals surface area (Å²) in [7, 11) is 0. The van der Waals surface area contributed by atoms with Gasteiger partial charge in [-0.1, -0.05) is 43.0 Å². The first kappa shape index (κ1) is 13.0. The van der Waals surface area contributed by atoms with E-state index in [-0.39, 0.29) is 5.91 Å². The van der Waals surface area contributed by atoms with Gasteiger partial charge in [-0.25, -0.2) is 0 Å². The molecule has 0 bridgehead atoms. The van der Waals surface area contributed by atoms with Crippen LogP contribution in [0.2, 0.25) is 0 Å². The zero-order valence-electron chi connectivity index (χ0n) is 9.98. The van der Waals surface area contributed by atoms with E-state index in [1.807, 2.05) is 36.4 Å². The van der Waals surface area contributed by atoms with E-state index in [0.717, 1.165) is 11.3 Å². The zero-order chi connectivity index (χ0) is 12.5. The van der Waals surface area contributed by atoms with Gasteiger partial charge in [0.2, 0.25) is 5.91 Å². The molecule has 3 heteroatoms. The Balaban J connectivity index is 2.62. The van der Waals surface area contributed by atoms with Gasteiger partial charge >= 0.3 is 0 Å². The summed E-state index contributed by atoms with van der Waals surface area (Å²) in [5.41, 5.74) is 0.986. The van der Waals surface area contributed by atoms with Gasteiger partial charge in [-0.2, -0.15) is 0 Å². The second kappa shape index (κ2) is 7.28. The maximum absolute atomic E-state index is 10.7. The van der Waals surface area contributed by atoms with Crippen molar-refractivity contribution in [2.24, 2.45) is 0 Å². The lowest BCUT2D eigenvalue weighted by molar-refractivity contribution is -0.118. The Labute approximate surface area is 102 Å². The molecule has 0 aromatic heterocycles. The molecule has 0 heterocycles. The van der Waals surface area contributed by atoms with Crippen molar-refractivity contribution in [2.75, 3.05) is 13.2 Å². The Bertz CT molecular complexity index is 410. The fraction of sp³-hybridized carbons (Fsp3) is 0.214. The maximum atomic E-state index is 10.7. The van der Waals surface area contributed by atoms with E-state index >= 15 is 0 Å². The Morgan fingerprint density at radius 1 is 1.47 bits per heavy atom. The molecular formula is C14H17NO2. The van der Waals surface area contributed by atoms with Crippen LogP contribution < -0.4 is 10.1 Å². The summed E-state index contributed by atoms with van der Waals surface area (Å²) in [6.07, 6.45) is 5.52. The lowest BCUT2D eigenvalue weighted by Crippen LogP contribution is -2.19. The number of amides is 1. The molecular weight excluding hydrogens is 214 g/mol. The van der Waals surface area contributed by atoms with Gasteiger partial charge in [0.1, 0.15) is 12.4 Å². The third kappa shape index (κ3) is 5.02. The van der Waals surface area contributed by atoms with Gasteiger partial charge < -0.3 is 10.1 Å². The monoisotopic (exact) mass is 231 g/mol. The van der Waals surface area contributed by atoms with Gasteiger partial charge in [0.25, 0.3) is 0 Å². The van der Waals surface area contributed by atoms with Gasteiger partial charge in [-0.15, -0.1) is 0 Å². The Morgan fingerprint density at radius 2 is 2.24 bits per heavy atom. The van der Waals surface area contributed by atoms with Crippen molar-refractivity contribution in [1.82, 2.24) is 5.32 Å². The number of hydrogen-bond acceptors (Lipinski definition) is 2. The number of benzene rings is 1. The predicted octanol–water partition coefficient (Wildman–Crippen LogP) is 2.40. The van der Waals surface area contributed by atoms with Crippen LogP contribution in [0.3, 0.4) is 0 Å². The van der Waals surface area contributed by atoms with Crippen molar-refractivity contribution >= 4 is 12.0 Å². The lowest BCUT2D eigenvalue weighted by Gasteiger charge is -2.06. The summed E-state index contributed by atoms with van der Waals surface area (Å²) in [6.45, 7) is 6.11. The van der Waals surface area contributed by atoms with Crippen LogP contribution in [0.5, 0.6) is 5.75 Å². The van der Waals surface area contributed by atoms with Crippen molar-refractivity contribution < 1.29 is 9.53 Å². The quantitative estimate of drug-likeness (QED) is 0.763. The molecule has 0 radical (unpaired) electrons. The highest BCUT2D eigenvalue weighted by atomic mass is 16.5. The minimum atomic E-state index is -0.0363. The molecule has 0 saturated carbocycles. The van der Waals surface area contributed by atoms with Gasteiger partial charge in [-0.3, -0.25) is 4.79 Å². The highest BCUT2D eigenvalue weighted by molar-refractivity contribution is 5.73. The summed E-state index contributed by atoms with van der Waals surface area (Å²) < 4.78 is 5.51. The molecule has 0 aliphatic carbocycles. The first-order valence-electron chi connectivity index (χ1n) is 5.47. The van der Waals surface area contributed by atoms with E-state index < -0.39 is 0 Å². The molecule has 1 rings (SSSR count). The summed E-state index contributed by atoms with van der Waals surface area (Å²) in [5.74, 6) is 0.775. The number of rotatable bonds is 6. The molecule has 1 amide bonds. The summed E-state index contributed by atoms with van der Waals surface area (Å²) >= 11 is 0. The first-order valence-corrected chi connectivity index (χ1v) is 5.47. The molecule has 90 valence electrons. The highest BCUT2D eigenvalue weighted by Gasteiger charge is 1.97. The van der Waals surface area contributed by atoms with E-state index in [2.05, 4.69) is 11.9 Å². The van der Waals surface area contributed by atoms with Crippen molar-refractivity contribution in [3.05, 3.63) is 48.6 Å². The first-order chi connectivity index (χ1) is 8.24. The average Bonchev–Trinajstić information content (AvgIpc) is 2.33. The fourth-order valence-corrected chi connectivity index (χ4v) is 1.29. The molecule has 1 aromatic rings. The molecule has 0 saturated heterocycles. The topological polar surface area (TPSA) is 38.3 Å². The molecule has 0 aliphatic heterocycles. The average molecular weight is 231 g/mol.